The summed E-state index contributed by atoms with van der Waals surface area (Å²) in [6.45, 7) is 4.03. The van der Waals surface area contributed by atoms with Crippen LogP contribution in [0.25, 0.3) is 10.9 Å². The van der Waals surface area contributed by atoms with Gasteiger partial charge in [-0.3, -0.25) is 4.79 Å². The Morgan fingerprint density at radius 1 is 1.12 bits per heavy atom. The molecular formula is C17H18N2O3S2. The van der Waals surface area contributed by atoms with Gasteiger partial charge in [0.1, 0.15) is 4.21 Å². The van der Waals surface area contributed by atoms with Crippen LogP contribution < -0.4 is 10.3 Å². The van der Waals surface area contributed by atoms with Gasteiger partial charge in [0.05, 0.1) is 0 Å². The van der Waals surface area contributed by atoms with Crippen LogP contribution in [0.2, 0.25) is 0 Å². The van der Waals surface area contributed by atoms with Crippen LogP contribution in [0.4, 0.5) is 0 Å². The molecule has 2 N–H and O–H groups in total. The van der Waals surface area contributed by atoms with Gasteiger partial charge in [0.25, 0.3) is 5.56 Å². The highest BCUT2D eigenvalue weighted by Crippen LogP contribution is 2.20. The number of nitrogens with one attached hydrogen (secondary N) is 2. The molecule has 126 valence electrons. The summed E-state index contributed by atoms with van der Waals surface area (Å²) in [5.41, 5.74) is 2.27. The number of aryl methyl sites for hydroxylation is 2. The highest BCUT2D eigenvalue weighted by molar-refractivity contribution is 7.91. The van der Waals surface area contributed by atoms with E-state index in [0.717, 1.165) is 21.3 Å². The van der Waals surface area contributed by atoms with Gasteiger partial charge < -0.3 is 4.98 Å². The van der Waals surface area contributed by atoms with E-state index in [2.05, 4.69) is 9.71 Å². The van der Waals surface area contributed by atoms with E-state index in [4.69, 9.17) is 0 Å². The Balaban J connectivity index is 1.76. The summed E-state index contributed by atoms with van der Waals surface area (Å²) in [5, 5.41) is 0.946. The minimum absolute atomic E-state index is 0.180. The SMILES string of the molecule is Cc1ccc2[nH]c(=O)c(CCNS(=O)(=O)c3ccc(C)s3)cc2c1. The standard InChI is InChI=1S/C17H18N2O3S2/c1-11-3-5-15-14(9-11)10-13(17(20)19-15)7-8-18-24(21,22)16-6-4-12(2)23-16/h3-6,9-10,18H,7-8H2,1-2H3,(H,19,20). The van der Waals surface area contributed by atoms with E-state index in [1.165, 1.54) is 11.3 Å². The molecule has 0 saturated heterocycles. The number of sulfonamides is 1. The molecule has 0 fully saturated rings. The molecule has 0 bridgehead atoms. The number of aromatic nitrogens is 1. The van der Waals surface area contributed by atoms with Gasteiger partial charge in [0.2, 0.25) is 10.0 Å². The largest absolute Gasteiger partial charge is 0.322 e. The summed E-state index contributed by atoms with van der Waals surface area (Å²) in [7, 11) is -3.52. The minimum Gasteiger partial charge on any atom is -0.322 e. The second-order valence-corrected chi connectivity index (χ2v) is 9.01. The molecule has 5 nitrogen and oxygen atoms in total. The van der Waals surface area contributed by atoms with Crippen molar-refractivity contribution in [1.29, 1.82) is 0 Å². The molecule has 3 aromatic rings. The van der Waals surface area contributed by atoms with Gasteiger partial charge >= 0.3 is 0 Å². The Morgan fingerprint density at radius 3 is 2.62 bits per heavy atom. The fourth-order valence-electron chi connectivity index (χ4n) is 2.50. The summed E-state index contributed by atoms with van der Waals surface area (Å²) in [6, 6.07) is 11.0. The van der Waals surface area contributed by atoms with Crippen molar-refractivity contribution in [3.05, 3.63) is 62.8 Å². The van der Waals surface area contributed by atoms with Crippen molar-refractivity contribution in [3.8, 4) is 0 Å². The van der Waals surface area contributed by atoms with Crippen molar-refractivity contribution in [2.45, 2.75) is 24.5 Å². The lowest BCUT2D eigenvalue weighted by Crippen LogP contribution is -2.27. The first-order valence-corrected chi connectivity index (χ1v) is 9.84. The zero-order valence-electron chi connectivity index (χ0n) is 13.4. The molecular weight excluding hydrogens is 344 g/mol. The normalized spacial score (nSPS) is 11.9. The van der Waals surface area contributed by atoms with E-state index < -0.39 is 10.0 Å². The van der Waals surface area contributed by atoms with Crippen LogP contribution in [0.5, 0.6) is 0 Å². The Bertz CT molecular complexity index is 1050. The summed E-state index contributed by atoms with van der Waals surface area (Å²) < 4.78 is 27.2. The third-order valence-corrected chi connectivity index (χ3v) is 6.70. The van der Waals surface area contributed by atoms with Gasteiger partial charge in [0, 0.05) is 22.5 Å². The highest BCUT2D eigenvalue weighted by atomic mass is 32.2. The molecule has 0 aliphatic rings. The molecule has 3 rings (SSSR count). The summed E-state index contributed by atoms with van der Waals surface area (Å²) in [6.07, 6.45) is 0.336. The Morgan fingerprint density at radius 2 is 1.92 bits per heavy atom. The summed E-state index contributed by atoms with van der Waals surface area (Å²) >= 11 is 1.23. The van der Waals surface area contributed by atoms with Crippen molar-refractivity contribution in [2.24, 2.45) is 0 Å². The molecule has 1 aromatic carbocycles. The lowest BCUT2D eigenvalue weighted by molar-refractivity contribution is 0.583. The average molecular weight is 362 g/mol. The van der Waals surface area contributed by atoms with Gasteiger partial charge in [-0.05, 0) is 56.0 Å². The molecule has 0 aliphatic carbocycles. The molecule has 0 amide bonds. The van der Waals surface area contributed by atoms with Crippen molar-refractivity contribution in [2.75, 3.05) is 6.54 Å². The second-order valence-electron chi connectivity index (χ2n) is 5.73. The fourth-order valence-corrected chi connectivity index (χ4v) is 4.86. The van der Waals surface area contributed by atoms with Gasteiger partial charge in [-0.1, -0.05) is 11.6 Å². The van der Waals surface area contributed by atoms with E-state index in [1.54, 1.807) is 12.1 Å². The van der Waals surface area contributed by atoms with E-state index in [-0.39, 0.29) is 12.1 Å². The zero-order chi connectivity index (χ0) is 17.3. The van der Waals surface area contributed by atoms with Crippen molar-refractivity contribution >= 4 is 32.3 Å². The predicted molar refractivity (Wildman–Crippen MR) is 97.3 cm³/mol. The van der Waals surface area contributed by atoms with Crippen molar-refractivity contribution in [1.82, 2.24) is 9.71 Å². The smallest absolute Gasteiger partial charge is 0.251 e. The van der Waals surface area contributed by atoms with Crippen LogP contribution in [0.15, 0.2) is 45.4 Å². The minimum atomic E-state index is -3.52. The molecule has 0 unspecified atom stereocenters. The van der Waals surface area contributed by atoms with E-state index in [9.17, 15) is 13.2 Å². The molecule has 0 aliphatic heterocycles. The third kappa shape index (κ3) is 3.58. The number of pyridine rings is 1. The zero-order valence-corrected chi connectivity index (χ0v) is 15.1. The van der Waals surface area contributed by atoms with Crippen LogP contribution in [-0.4, -0.2) is 19.9 Å². The van der Waals surface area contributed by atoms with Crippen LogP contribution in [0, 0.1) is 13.8 Å². The number of rotatable bonds is 5. The number of hydrogen-bond acceptors (Lipinski definition) is 4. The molecule has 0 spiro atoms. The van der Waals surface area contributed by atoms with Crippen LogP contribution >= 0.6 is 11.3 Å². The van der Waals surface area contributed by atoms with Gasteiger partial charge in [0.15, 0.2) is 0 Å². The Labute approximate surface area is 144 Å². The number of hydrogen-bond donors (Lipinski definition) is 2. The van der Waals surface area contributed by atoms with E-state index in [0.29, 0.717) is 16.2 Å². The maximum Gasteiger partial charge on any atom is 0.251 e. The van der Waals surface area contributed by atoms with Gasteiger partial charge in [-0.2, -0.15) is 0 Å². The maximum absolute atomic E-state index is 12.2. The lowest BCUT2D eigenvalue weighted by atomic mass is 10.1. The summed E-state index contributed by atoms with van der Waals surface area (Å²) in [4.78, 5) is 15.9. The van der Waals surface area contributed by atoms with Crippen LogP contribution in [0.1, 0.15) is 16.0 Å². The van der Waals surface area contributed by atoms with Crippen molar-refractivity contribution in [3.63, 3.8) is 0 Å². The number of benzene rings is 1. The first-order chi connectivity index (χ1) is 11.3. The van der Waals surface area contributed by atoms with Crippen LogP contribution in [0.3, 0.4) is 0 Å². The van der Waals surface area contributed by atoms with Gasteiger partial charge in [-0.25, -0.2) is 13.1 Å². The quantitative estimate of drug-likeness (QED) is 0.732. The second kappa shape index (κ2) is 6.51. The highest BCUT2D eigenvalue weighted by Gasteiger charge is 2.15. The number of fused-ring (bicyclic) bond motifs is 1. The Hall–Kier alpha value is -1.96. The van der Waals surface area contributed by atoms with Gasteiger partial charge in [-0.15, -0.1) is 11.3 Å². The molecule has 24 heavy (non-hydrogen) atoms. The summed E-state index contributed by atoms with van der Waals surface area (Å²) in [5.74, 6) is 0. The molecule has 2 aromatic heterocycles. The van der Waals surface area contributed by atoms with Crippen LogP contribution in [-0.2, 0) is 16.4 Å². The first kappa shape index (κ1) is 16.9. The molecule has 0 saturated carbocycles. The molecule has 0 radical (unpaired) electrons. The topological polar surface area (TPSA) is 79.0 Å². The maximum atomic E-state index is 12.2. The van der Waals surface area contributed by atoms with E-state index in [1.807, 2.05) is 38.1 Å². The molecule has 7 heteroatoms. The average Bonchev–Trinajstić information content (AvgIpc) is 2.95. The first-order valence-electron chi connectivity index (χ1n) is 7.54. The van der Waals surface area contributed by atoms with Crippen molar-refractivity contribution < 1.29 is 8.42 Å². The lowest BCUT2D eigenvalue weighted by Gasteiger charge is -2.06. The third-order valence-electron chi connectivity index (χ3n) is 3.74. The fraction of sp³-hybridized carbons (Fsp3) is 0.235. The number of H-pyrrole nitrogens is 1. The molecule has 2 heterocycles. The monoisotopic (exact) mass is 362 g/mol. The Kier molecular flexibility index (Phi) is 4.58. The molecule has 0 atom stereocenters. The number of aromatic amines is 1. The number of thiophene rings is 1. The van der Waals surface area contributed by atoms with E-state index >= 15 is 0 Å². The predicted octanol–water partition coefficient (Wildman–Crippen LogP) is 2.73.